The Labute approximate surface area is 165 Å². The lowest BCUT2D eigenvalue weighted by molar-refractivity contribution is 0.598. The summed E-state index contributed by atoms with van der Waals surface area (Å²) in [5, 5.41) is 12.7. The van der Waals surface area contributed by atoms with Crippen LogP contribution in [0.3, 0.4) is 0 Å². The number of rotatable bonds is 9. The number of hydrogen-bond acceptors (Lipinski definition) is 5. The van der Waals surface area contributed by atoms with Crippen LogP contribution in [0.2, 0.25) is 0 Å². The number of benzene rings is 1. The average molecular weight is 410 g/mol. The molecule has 0 atom stereocenters. The van der Waals surface area contributed by atoms with Gasteiger partial charge in [-0.1, -0.05) is 19.1 Å². The van der Waals surface area contributed by atoms with Gasteiger partial charge >= 0.3 is 0 Å². The highest BCUT2D eigenvalue weighted by Crippen LogP contribution is 2.13. The zero-order chi connectivity index (χ0) is 19.7. The molecular weight excluding hydrogens is 382 g/mol. The number of primary sulfonamides is 1. The van der Waals surface area contributed by atoms with Crippen molar-refractivity contribution in [3.8, 4) is 0 Å². The van der Waals surface area contributed by atoms with Gasteiger partial charge in [-0.2, -0.15) is 0 Å². The lowest BCUT2D eigenvalue weighted by atomic mass is 10.1. The summed E-state index contributed by atoms with van der Waals surface area (Å²) in [5.74, 6) is 0.769. The molecule has 0 radical (unpaired) electrons. The minimum atomic E-state index is -3.64. The zero-order valence-corrected chi connectivity index (χ0v) is 17.4. The Bertz CT molecular complexity index is 845. The summed E-state index contributed by atoms with van der Waals surface area (Å²) < 4.78 is 22.6. The maximum absolute atomic E-state index is 11.3. The van der Waals surface area contributed by atoms with Gasteiger partial charge in [0.25, 0.3) is 0 Å². The van der Waals surface area contributed by atoms with E-state index in [1.54, 1.807) is 23.5 Å². The topological polar surface area (TPSA) is 109 Å². The van der Waals surface area contributed by atoms with Crippen molar-refractivity contribution in [3.05, 3.63) is 45.9 Å². The van der Waals surface area contributed by atoms with E-state index in [1.165, 1.54) is 17.0 Å². The highest BCUT2D eigenvalue weighted by atomic mass is 32.2. The lowest BCUT2D eigenvalue weighted by Crippen LogP contribution is -2.38. The second-order valence-corrected chi connectivity index (χ2v) is 8.71. The van der Waals surface area contributed by atoms with Crippen LogP contribution in [0, 0.1) is 0 Å². The molecule has 1 heterocycles. The molecule has 148 valence electrons. The Balaban J connectivity index is 1.82. The molecule has 1 aromatic carbocycles. The van der Waals surface area contributed by atoms with Crippen LogP contribution in [0.4, 0.5) is 0 Å². The fourth-order valence-corrected chi connectivity index (χ4v) is 3.77. The lowest BCUT2D eigenvalue weighted by Gasteiger charge is -2.11. The monoisotopic (exact) mass is 409 g/mol. The van der Waals surface area contributed by atoms with E-state index in [-0.39, 0.29) is 4.90 Å². The third kappa shape index (κ3) is 7.28. The number of sulfonamides is 1. The molecule has 0 aliphatic heterocycles. The third-order valence-electron chi connectivity index (χ3n) is 3.85. The second-order valence-electron chi connectivity index (χ2n) is 5.95. The van der Waals surface area contributed by atoms with E-state index in [2.05, 4.69) is 27.5 Å². The Hall–Kier alpha value is -1.97. The van der Waals surface area contributed by atoms with E-state index in [0.717, 1.165) is 42.3 Å². The van der Waals surface area contributed by atoms with E-state index in [1.807, 2.05) is 13.1 Å². The van der Waals surface area contributed by atoms with Gasteiger partial charge in [-0.05, 0) is 37.5 Å². The minimum Gasteiger partial charge on any atom is -0.357 e. The van der Waals surface area contributed by atoms with Gasteiger partial charge in [0, 0.05) is 37.1 Å². The van der Waals surface area contributed by atoms with Crippen LogP contribution in [0.5, 0.6) is 0 Å². The van der Waals surface area contributed by atoms with Gasteiger partial charge in [0.1, 0.15) is 0 Å². The first kappa shape index (κ1) is 21.3. The van der Waals surface area contributed by atoms with Gasteiger partial charge in [0.2, 0.25) is 10.0 Å². The molecular formula is C18H27N5O2S2. The van der Waals surface area contributed by atoms with Crippen molar-refractivity contribution in [2.45, 2.75) is 38.0 Å². The number of aryl methyl sites for hydroxylation is 1. The van der Waals surface area contributed by atoms with E-state index in [9.17, 15) is 8.42 Å². The fraction of sp³-hybridized carbons (Fsp3) is 0.444. The summed E-state index contributed by atoms with van der Waals surface area (Å²) in [4.78, 5) is 10.4. The van der Waals surface area contributed by atoms with Gasteiger partial charge in [-0.3, -0.25) is 4.99 Å². The maximum Gasteiger partial charge on any atom is 0.238 e. The fourth-order valence-electron chi connectivity index (χ4n) is 2.40. The quantitative estimate of drug-likeness (QED) is 0.431. The van der Waals surface area contributed by atoms with Crippen LogP contribution in [-0.4, -0.2) is 39.0 Å². The first-order chi connectivity index (χ1) is 12.9. The van der Waals surface area contributed by atoms with Crippen molar-refractivity contribution in [1.29, 1.82) is 0 Å². The number of thiazole rings is 1. The van der Waals surface area contributed by atoms with Crippen molar-refractivity contribution in [2.24, 2.45) is 10.1 Å². The molecule has 0 saturated heterocycles. The van der Waals surface area contributed by atoms with Gasteiger partial charge in [0.15, 0.2) is 5.96 Å². The molecule has 1 aromatic heterocycles. The standard InChI is InChI=1S/C18H27N5O2S2/c1-3-15-13-23-17(26-15)10-12-22-18(20-4-2)21-11-9-14-5-7-16(8-6-14)27(19,24)25/h5-8,13H,3-4,9-12H2,1-2H3,(H2,19,24,25)(H2,20,21,22). The van der Waals surface area contributed by atoms with Gasteiger partial charge < -0.3 is 10.6 Å². The molecule has 4 N–H and O–H groups in total. The molecule has 9 heteroatoms. The molecule has 2 aromatic rings. The number of guanidine groups is 1. The van der Waals surface area contributed by atoms with E-state index in [0.29, 0.717) is 13.1 Å². The molecule has 0 amide bonds. The first-order valence-corrected chi connectivity index (χ1v) is 11.4. The second kappa shape index (κ2) is 10.4. The van der Waals surface area contributed by atoms with Gasteiger partial charge in [0.05, 0.1) is 9.90 Å². The maximum atomic E-state index is 11.3. The Morgan fingerprint density at radius 3 is 2.52 bits per heavy atom. The smallest absolute Gasteiger partial charge is 0.238 e. The minimum absolute atomic E-state index is 0.127. The van der Waals surface area contributed by atoms with Crippen molar-refractivity contribution >= 4 is 27.3 Å². The number of hydrogen-bond donors (Lipinski definition) is 3. The highest BCUT2D eigenvalue weighted by molar-refractivity contribution is 7.89. The molecule has 7 nitrogen and oxygen atoms in total. The van der Waals surface area contributed by atoms with E-state index in [4.69, 9.17) is 5.14 Å². The van der Waals surface area contributed by atoms with Crippen LogP contribution in [0.1, 0.15) is 29.3 Å². The first-order valence-electron chi connectivity index (χ1n) is 9.00. The molecule has 0 spiro atoms. The summed E-state index contributed by atoms with van der Waals surface area (Å²) >= 11 is 1.74. The normalized spacial score (nSPS) is 12.2. The van der Waals surface area contributed by atoms with Crippen molar-refractivity contribution in [3.63, 3.8) is 0 Å². The molecule has 27 heavy (non-hydrogen) atoms. The third-order valence-corrected chi connectivity index (χ3v) is 5.98. The van der Waals surface area contributed by atoms with Crippen molar-refractivity contribution < 1.29 is 8.42 Å². The Kier molecular flexibility index (Phi) is 8.21. The molecule has 0 fully saturated rings. The molecule has 0 unspecified atom stereocenters. The Morgan fingerprint density at radius 2 is 1.93 bits per heavy atom. The summed E-state index contributed by atoms with van der Waals surface area (Å²) in [5.41, 5.74) is 1.03. The predicted octanol–water partition coefficient (Wildman–Crippen LogP) is 1.69. The largest absolute Gasteiger partial charge is 0.357 e. The summed E-state index contributed by atoms with van der Waals surface area (Å²) in [6.45, 7) is 6.31. The van der Waals surface area contributed by atoms with Crippen LogP contribution in [-0.2, 0) is 29.3 Å². The molecule has 0 bridgehead atoms. The van der Waals surface area contributed by atoms with Crippen molar-refractivity contribution in [1.82, 2.24) is 15.6 Å². The van der Waals surface area contributed by atoms with E-state index >= 15 is 0 Å². The molecule has 0 aliphatic carbocycles. The SMILES string of the molecule is CCNC(=NCCc1ncc(CC)s1)NCCc1ccc(S(N)(=O)=O)cc1. The van der Waals surface area contributed by atoms with Gasteiger partial charge in [-0.25, -0.2) is 18.5 Å². The van der Waals surface area contributed by atoms with Gasteiger partial charge in [-0.15, -0.1) is 11.3 Å². The molecule has 2 rings (SSSR count). The summed E-state index contributed by atoms with van der Waals surface area (Å²) in [7, 11) is -3.64. The summed E-state index contributed by atoms with van der Waals surface area (Å²) in [6, 6.07) is 6.61. The number of aliphatic imine (C=N–C) groups is 1. The number of aromatic nitrogens is 1. The average Bonchev–Trinajstić information content (AvgIpc) is 3.09. The Morgan fingerprint density at radius 1 is 1.19 bits per heavy atom. The molecule has 0 aliphatic rings. The van der Waals surface area contributed by atoms with Crippen LogP contribution < -0.4 is 15.8 Å². The number of nitrogens with two attached hydrogens (primary N) is 1. The van der Waals surface area contributed by atoms with Crippen molar-refractivity contribution in [2.75, 3.05) is 19.6 Å². The predicted molar refractivity (Wildman–Crippen MR) is 111 cm³/mol. The zero-order valence-electron chi connectivity index (χ0n) is 15.7. The van der Waals surface area contributed by atoms with Crippen LogP contribution in [0.15, 0.2) is 40.4 Å². The van der Waals surface area contributed by atoms with Crippen LogP contribution >= 0.6 is 11.3 Å². The number of nitrogens with zero attached hydrogens (tertiary/aromatic N) is 2. The van der Waals surface area contributed by atoms with Crippen LogP contribution in [0.25, 0.3) is 0 Å². The molecule has 0 saturated carbocycles. The number of nitrogens with one attached hydrogen (secondary N) is 2. The summed E-state index contributed by atoms with van der Waals surface area (Å²) in [6.07, 6.45) is 4.54. The van der Waals surface area contributed by atoms with E-state index < -0.39 is 10.0 Å². The highest BCUT2D eigenvalue weighted by Gasteiger charge is 2.07.